The van der Waals surface area contributed by atoms with Crippen molar-refractivity contribution in [1.29, 1.82) is 5.41 Å². The van der Waals surface area contributed by atoms with Gasteiger partial charge in [0.2, 0.25) is 11.8 Å². The molecule has 3 fully saturated rings. The standard InChI is InChI=1S/C26H38N4O3/c1-2-3-16-30-24(32)21(22(31)19-10-6-4-7-11-19)28-25(33)26(30)14-17-29(18-15-26)23(27)20-12-8-5-9-13-20/h5,8-9,12-13,19,21-22,27,31H,2-4,6-7,10-11,14-18H2,1H3,(H,28,33)/t21-,22-/m1/s1. The first-order valence-corrected chi connectivity index (χ1v) is 12.7. The summed E-state index contributed by atoms with van der Waals surface area (Å²) in [7, 11) is 0. The summed E-state index contributed by atoms with van der Waals surface area (Å²) in [6, 6.07) is 8.79. The first kappa shape index (κ1) is 23.7. The normalized spacial score (nSPS) is 24.6. The Hall–Kier alpha value is -2.41. The number of amidine groups is 1. The number of nitrogens with zero attached hydrogens (tertiary/aromatic N) is 2. The fraction of sp³-hybridized carbons (Fsp3) is 0.654. The van der Waals surface area contributed by atoms with E-state index >= 15 is 0 Å². The van der Waals surface area contributed by atoms with Crippen LogP contribution in [0.3, 0.4) is 0 Å². The van der Waals surface area contributed by atoms with Gasteiger partial charge in [0, 0.05) is 25.2 Å². The summed E-state index contributed by atoms with van der Waals surface area (Å²) in [5.74, 6) is 0.263. The third-order valence-corrected chi connectivity index (χ3v) is 7.92. The van der Waals surface area contributed by atoms with Crippen molar-refractivity contribution in [3.63, 3.8) is 0 Å². The molecule has 3 aliphatic rings. The molecule has 1 saturated carbocycles. The van der Waals surface area contributed by atoms with E-state index in [1.165, 1.54) is 6.42 Å². The molecule has 7 heteroatoms. The lowest BCUT2D eigenvalue weighted by molar-refractivity contribution is -0.165. The molecular formula is C26H38N4O3. The number of hydrogen-bond donors (Lipinski definition) is 3. The van der Waals surface area contributed by atoms with E-state index in [9.17, 15) is 14.7 Å². The van der Waals surface area contributed by atoms with E-state index in [1.807, 2.05) is 35.2 Å². The second-order valence-electron chi connectivity index (χ2n) is 9.92. The fourth-order valence-electron chi connectivity index (χ4n) is 5.83. The lowest BCUT2D eigenvalue weighted by Crippen LogP contribution is -2.75. The zero-order valence-electron chi connectivity index (χ0n) is 19.8. The Bertz CT molecular complexity index is 844. The van der Waals surface area contributed by atoms with Gasteiger partial charge in [0.15, 0.2) is 0 Å². The molecular weight excluding hydrogens is 416 g/mol. The average molecular weight is 455 g/mol. The Morgan fingerprint density at radius 2 is 1.82 bits per heavy atom. The predicted octanol–water partition coefficient (Wildman–Crippen LogP) is 2.91. The Morgan fingerprint density at radius 3 is 2.45 bits per heavy atom. The molecule has 1 aliphatic carbocycles. The van der Waals surface area contributed by atoms with E-state index in [1.54, 1.807) is 4.90 Å². The van der Waals surface area contributed by atoms with Crippen molar-refractivity contribution in [3.8, 4) is 0 Å². The maximum atomic E-state index is 13.7. The minimum atomic E-state index is -0.886. The highest BCUT2D eigenvalue weighted by atomic mass is 16.3. The quantitative estimate of drug-likeness (QED) is 0.455. The minimum Gasteiger partial charge on any atom is -0.390 e. The highest BCUT2D eigenvalue weighted by Gasteiger charge is 2.55. The Morgan fingerprint density at radius 1 is 1.15 bits per heavy atom. The summed E-state index contributed by atoms with van der Waals surface area (Å²) in [6.07, 6.45) is 7.08. The average Bonchev–Trinajstić information content (AvgIpc) is 2.87. The molecule has 2 aliphatic heterocycles. The van der Waals surface area contributed by atoms with Gasteiger partial charge in [-0.2, -0.15) is 0 Å². The van der Waals surface area contributed by atoms with Gasteiger partial charge in [-0.3, -0.25) is 15.0 Å². The van der Waals surface area contributed by atoms with Gasteiger partial charge in [-0.1, -0.05) is 62.9 Å². The third-order valence-electron chi connectivity index (χ3n) is 7.92. The molecule has 1 aromatic carbocycles. The van der Waals surface area contributed by atoms with Crippen LogP contribution < -0.4 is 5.32 Å². The fourth-order valence-corrected chi connectivity index (χ4v) is 5.83. The molecule has 2 heterocycles. The first-order valence-electron chi connectivity index (χ1n) is 12.7. The van der Waals surface area contributed by atoms with Crippen molar-refractivity contribution in [1.82, 2.24) is 15.1 Å². The number of nitrogens with one attached hydrogen (secondary N) is 2. The van der Waals surface area contributed by atoms with Crippen LogP contribution >= 0.6 is 0 Å². The molecule has 1 aromatic rings. The molecule has 0 aromatic heterocycles. The van der Waals surface area contributed by atoms with Gasteiger partial charge >= 0.3 is 0 Å². The molecule has 2 saturated heterocycles. The van der Waals surface area contributed by atoms with Crippen molar-refractivity contribution >= 4 is 17.6 Å². The molecule has 3 N–H and O–H groups in total. The van der Waals surface area contributed by atoms with Crippen LogP contribution in [0.1, 0.15) is 70.3 Å². The highest BCUT2D eigenvalue weighted by Crippen LogP contribution is 2.36. The van der Waals surface area contributed by atoms with E-state index in [-0.39, 0.29) is 17.7 Å². The van der Waals surface area contributed by atoms with E-state index in [0.717, 1.165) is 44.1 Å². The van der Waals surface area contributed by atoms with E-state index in [0.29, 0.717) is 38.3 Å². The Kier molecular flexibility index (Phi) is 7.37. The SMILES string of the molecule is CCCCN1C(=O)[C@@H]([C@H](O)C2CCCCC2)NC(=O)C12CCN(C(=N)c1ccccc1)CC2. The van der Waals surface area contributed by atoms with Gasteiger partial charge in [0.25, 0.3) is 0 Å². The van der Waals surface area contributed by atoms with Gasteiger partial charge in [-0.15, -0.1) is 0 Å². The third kappa shape index (κ3) is 4.65. The first-order chi connectivity index (χ1) is 16.0. The van der Waals surface area contributed by atoms with Crippen molar-refractivity contribution < 1.29 is 14.7 Å². The summed E-state index contributed by atoms with van der Waals surface area (Å²) < 4.78 is 0. The zero-order chi connectivity index (χ0) is 23.4. The monoisotopic (exact) mass is 454 g/mol. The van der Waals surface area contributed by atoms with Crippen molar-refractivity contribution in [3.05, 3.63) is 35.9 Å². The summed E-state index contributed by atoms with van der Waals surface area (Å²) in [5, 5.41) is 22.6. The second-order valence-corrected chi connectivity index (χ2v) is 9.92. The number of rotatable bonds is 6. The molecule has 4 rings (SSSR count). The zero-order valence-corrected chi connectivity index (χ0v) is 19.8. The van der Waals surface area contributed by atoms with Gasteiger partial charge in [0.1, 0.15) is 17.4 Å². The Labute approximate surface area is 197 Å². The number of aliphatic hydroxyl groups is 1. The topological polar surface area (TPSA) is 96.7 Å². The molecule has 0 unspecified atom stereocenters. The maximum Gasteiger partial charge on any atom is 0.248 e. The molecule has 2 atom stereocenters. The van der Waals surface area contributed by atoms with Gasteiger partial charge in [-0.25, -0.2) is 0 Å². The smallest absolute Gasteiger partial charge is 0.248 e. The molecule has 180 valence electrons. The van der Waals surface area contributed by atoms with Crippen LogP contribution in [0.25, 0.3) is 0 Å². The second kappa shape index (κ2) is 10.2. The van der Waals surface area contributed by atoms with Crippen LogP contribution in [-0.4, -0.2) is 69.9 Å². The lowest BCUT2D eigenvalue weighted by atomic mass is 9.77. The van der Waals surface area contributed by atoms with Crippen molar-refractivity contribution in [2.75, 3.05) is 19.6 Å². The van der Waals surface area contributed by atoms with Crippen LogP contribution in [0.5, 0.6) is 0 Å². The van der Waals surface area contributed by atoms with Crippen LogP contribution in [0.4, 0.5) is 0 Å². The molecule has 0 bridgehead atoms. The van der Waals surface area contributed by atoms with Crippen LogP contribution in [-0.2, 0) is 9.59 Å². The van der Waals surface area contributed by atoms with E-state index in [4.69, 9.17) is 5.41 Å². The van der Waals surface area contributed by atoms with Crippen molar-refractivity contribution in [2.45, 2.75) is 82.4 Å². The number of piperazine rings is 1. The summed E-state index contributed by atoms with van der Waals surface area (Å²) >= 11 is 0. The minimum absolute atomic E-state index is 0.0725. The number of amides is 2. The number of carbonyl (C=O) groups is 2. The molecule has 1 spiro atoms. The predicted molar refractivity (Wildman–Crippen MR) is 128 cm³/mol. The maximum absolute atomic E-state index is 13.7. The number of aliphatic hydroxyl groups excluding tert-OH is 1. The molecule has 7 nitrogen and oxygen atoms in total. The largest absolute Gasteiger partial charge is 0.390 e. The number of likely N-dealkylation sites (tertiary alicyclic amines) is 1. The summed E-state index contributed by atoms with van der Waals surface area (Å²) in [5.41, 5.74) is -0.0289. The van der Waals surface area contributed by atoms with Gasteiger partial charge in [0.05, 0.1) is 6.10 Å². The summed E-state index contributed by atoms with van der Waals surface area (Å²) in [4.78, 5) is 31.0. The highest BCUT2D eigenvalue weighted by molar-refractivity contribution is 6.01. The number of unbranched alkanes of at least 4 members (excludes halogenated alkanes) is 1. The van der Waals surface area contributed by atoms with E-state index in [2.05, 4.69) is 12.2 Å². The lowest BCUT2D eigenvalue weighted by Gasteiger charge is -2.53. The van der Waals surface area contributed by atoms with Crippen LogP contribution in [0.15, 0.2) is 30.3 Å². The van der Waals surface area contributed by atoms with Crippen LogP contribution in [0.2, 0.25) is 0 Å². The summed E-state index contributed by atoms with van der Waals surface area (Å²) in [6.45, 7) is 3.71. The van der Waals surface area contributed by atoms with Gasteiger partial charge < -0.3 is 20.2 Å². The number of benzene rings is 1. The Balaban J connectivity index is 1.51. The molecule has 2 amide bonds. The number of carbonyl (C=O) groups excluding carboxylic acids is 2. The molecule has 0 radical (unpaired) electrons. The molecule has 33 heavy (non-hydrogen) atoms. The number of piperidine rings is 1. The van der Waals surface area contributed by atoms with Crippen molar-refractivity contribution in [2.24, 2.45) is 5.92 Å². The van der Waals surface area contributed by atoms with Crippen LogP contribution in [0, 0.1) is 11.3 Å². The van der Waals surface area contributed by atoms with E-state index < -0.39 is 17.7 Å². The number of hydrogen-bond acceptors (Lipinski definition) is 4. The van der Waals surface area contributed by atoms with Gasteiger partial charge in [-0.05, 0) is 38.0 Å².